The fourth-order valence-electron chi connectivity index (χ4n) is 1.81. The Morgan fingerprint density at radius 3 is 2.89 bits per heavy atom. The topological polar surface area (TPSA) is 71.1 Å². The van der Waals surface area contributed by atoms with Crippen LogP contribution in [0.4, 0.5) is 5.82 Å². The molecule has 1 fully saturated rings. The first-order valence-corrected chi connectivity index (χ1v) is 9.05. The highest BCUT2D eigenvalue weighted by Gasteiger charge is 2.23. The largest absolute Gasteiger partial charge is 0.370 e. The van der Waals surface area contributed by atoms with Gasteiger partial charge in [-0.25, -0.2) is 18.1 Å². The molecule has 0 saturated carbocycles. The summed E-state index contributed by atoms with van der Waals surface area (Å²) in [6, 6.07) is 3.34. The first kappa shape index (κ1) is 14.6. The molecule has 1 saturated heterocycles. The lowest BCUT2D eigenvalue weighted by Gasteiger charge is -2.12. The third-order valence-electron chi connectivity index (χ3n) is 2.85. The van der Waals surface area contributed by atoms with Crippen molar-refractivity contribution >= 4 is 27.6 Å². The maximum atomic E-state index is 12.1. The fourth-order valence-corrected chi connectivity index (χ4v) is 4.28. The Labute approximate surface area is 118 Å². The van der Waals surface area contributed by atoms with E-state index in [-0.39, 0.29) is 10.9 Å². The van der Waals surface area contributed by atoms with E-state index < -0.39 is 10.0 Å². The summed E-state index contributed by atoms with van der Waals surface area (Å²) < 4.78 is 27.0. The van der Waals surface area contributed by atoms with Crippen molar-refractivity contribution in [2.24, 2.45) is 0 Å². The summed E-state index contributed by atoms with van der Waals surface area (Å²) in [6.45, 7) is 2.89. The highest BCUT2D eigenvalue weighted by Crippen LogP contribution is 2.19. The molecule has 0 aliphatic carbocycles. The van der Waals surface area contributed by atoms with E-state index in [0.29, 0.717) is 5.82 Å². The van der Waals surface area contributed by atoms with Crippen molar-refractivity contribution in [1.29, 1.82) is 0 Å². The molecular formula is C12H19N3O2S2. The maximum Gasteiger partial charge on any atom is 0.242 e. The third kappa shape index (κ3) is 4.09. The van der Waals surface area contributed by atoms with Crippen molar-refractivity contribution in [3.8, 4) is 0 Å². The van der Waals surface area contributed by atoms with Gasteiger partial charge >= 0.3 is 0 Å². The first-order chi connectivity index (χ1) is 9.12. The molecule has 0 aromatic carbocycles. The van der Waals surface area contributed by atoms with Gasteiger partial charge in [-0.3, -0.25) is 0 Å². The van der Waals surface area contributed by atoms with E-state index in [4.69, 9.17) is 0 Å². The molecule has 2 heterocycles. The minimum absolute atomic E-state index is 0.0490. The Morgan fingerprint density at radius 1 is 1.47 bits per heavy atom. The lowest BCUT2D eigenvalue weighted by atomic mass is 10.3. The summed E-state index contributed by atoms with van der Waals surface area (Å²) >= 11 is 1.78. The van der Waals surface area contributed by atoms with Crippen molar-refractivity contribution in [1.82, 2.24) is 9.71 Å². The van der Waals surface area contributed by atoms with Gasteiger partial charge in [-0.2, -0.15) is 11.8 Å². The average Bonchev–Trinajstić information content (AvgIpc) is 2.89. The predicted molar refractivity (Wildman–Crippen MR) is 79.1 cm³/mol. The molecule has 5 nitrogen and oxygen atoms in total. The number of rotatable bonds is 6. The SMILES string of the molecule is CCCNc1ccc(S(=O)(=O)NC2CCSC2)cn1. The van der Waals surface area contributed by atoms with Crippen molar-refractivity contribution < 1.29 is 8.42 Å². The van der Waals surface area contributed by atoms with Crippen LogP contribution in [0.5, 0.6) is 0 Å². The zero-order chi connectivity index (χ0) is 13.7. The van der Waals surface area contributed by atoms with E-state index in [1.165, 1.54) is 6.20 Å². The van der Waals surface area contributed by atoms with Crippen LogP contribution >= 0.6 is 11.8 Å². The Kier molecular flexibility index (Phi) is 5.06. The Bertz CT molecular complexity index is 496. The summed E-state index contributed by atoms with van der Waals surface area (Å²) in [5.74, 6) is 2.57. The van der Waals surface area contributed by atoms with Crippen LogP contribution in [0.3, 0.4) is 0 Å². The standard InChI is InChI=1S/C12H19N3O2S2/c1-2-6-13-12-4-3-11(8-14-12)19(16,17)15-10-5-7-18-9-10/h3-4,8,10,15H,2,5-7,9H2,1H3,(H,13,14). The molecule has 1 aromatic rings. The zero-order valence-electron chi connectivity index (χ0n) is 10.9. The van der Waals surface area contributed by atoms with E-state index in [9.17, 15) is 8.42 Å². The number of sulfonamides is 1. The second kappa shape index (κ2) is 6.58. The molecule has 7 heteroatoms. The van der Waals surface area contributed by atoms with Crippen LogP contribution in [0.2, 0.25) is 0 Å². The van der Waals surface area contributed by atoms with E-state index >= 15 is 0 Å². The second-order valence-electron chi connectivity index (χ2n) is 4.49. The Hall–Kier alpha value is -0.790. The smallest absolute Gasteiger partial charge is 0.242 e. The van der Waals surface area contributed by atoms with Gasteiger partial charge in [0.2, 0.25) is 10.0 Å². The van der Waals surface area contributed by atoms with Crippen LogP contribution in [0.15, 0.2) is 23.2 Å². The molecule has 1 aromatic heterocycles. The van der Waals surface area contributed by atoms with Gasteiger partial charge in [-0.1, -0.05) is 6.92 Å². The van der Waals surface area contributed by atoms with Gasteiger partial charge in [-0.15, -0.1) is 0 Å². The van der Waals surface area contributed by atoms with Gasteiger partial charge in [0, 0.05) is 24.5 Å². The highest BCUT2D eigenvalue weighted by molar-refractivity contribution is 7.99. The minimum atomic E-state index is -3.43. The third-order valence-corrected chi connectivity index (χ3v) is 5.52. The molecule has 2 N–H and O–H groups in total. The van der Waals surface area contributed by atoms with Crippen molar-refractivity contribution in [2.45, 2.75) is 30.7 Å². The van der Waals surface area contributed by atoms with Crippen molar-refractivity contribution in [2.75, 3.05) is 23.4 Å². The summed E-state index contributed by atoms with van der Waals surface area (Å²) in [5, 5.41) is 3.12. The molecule has 0 bridgehead atoms. The zero-order valence-corrected chi connectivity index (χ0v) is 12.6. The average molecular weight is 301 g/mol. The molecule has 1 aliphatic rings. The van der Waals surface area contributed by atoms with Gasteiger partial charge < -0.3 is 5.32 Å². The number of anilines is 1. The van der Waals surface area contributed by atoms with E-state index in [1.54, 1.807) is 23.9 Å². The Morgan fingerprint density at radius 2 is 2.32 bits per heavy atom. The Balaban J connectivity index is 2.03. The molecule has 0 amide bonds. The lowest BCUT2D eigenvalue weighted by Crippen LogP contribution is -2.34. The van der Waals surface area contributed by atoms with Gasteiger partial charge in [0.25, 0.3) is 0 Å². The van der Waals surface area contributed by atoms with Gasteiger partial charge in [0.15, 0.2) is 0 Å². The number of nitrogens with zero attached hydrogens (tertiary/aromatic N) is 1. The molecule has 1 atom stereocenters. The fraction of sp³-hybridized carbons (Fsp3) is 0.583. The van der Waals surface area contributed by atoms with Gasteiger partial charge in [0.05, 0.1) is 0 Å². The van der Waals surface area contributed by atoms with Crippen molar-refractivity contribution in [3.63, 3.8) is 0 Å². The molecular weight excluding hydrogens is 282 g/mol. The van der Waals surface area contributed by atoms with Crippen molar-refractivity contribution in [3.05, 3.63) is 18.3 Å². The number of nitrogens with one attached hydrogen (secondary N) is 2. The molecule has 0 radical (unpaired) electrons. The number of hydrogen-bond donors (Lipinski definition) is 2. The first-order valence-electron chi connectivity index (χ1n) is 6.42. The lowest BCUT2D eigenvalue weighted by molar-refractivity contribution is 0.563. The maximum absolute atomic E-state index is 12.1. The minimum Gasteiger partial charge on any atom is -0.370 e. The molecule has 19 heavy (non-hydrogen) atoms. The summed E-state index contributed by atoms with van der Waals surface area (Å²) in [5.41, 5.74) is 0. The molecule has 1 unspecified atom stereocenters. The molecule has 106 valence electrons. The van der Waals surface area contributed by atoms with Crippen LogP contribution < -0.4 is 10.0 Å². The normalized spacial score (nSPS) is 19.5. The second-order valence-corrected chi connectivity index (χ2v) is 7.35. The van der Waals surface area contributed by atoms with Gasteiger partial charge in [0.1, 0.15) is 10.7 Å². The quantitative estimate of drug-likeness (QED) is 0.836. The van der Waals surface area contributed by atoms with Crippen LogP contribution in [0, 0.1) is 0 Å². The number of aromatic nitrogens is 1. The van der Waals surface area contributed by atoms with E-state index in [2.05, 4.69) is 21.9 Å². The monoisotopic (exact) mass is 301 g/mol. The van der Waals surface area contributed by atoms with Crippen LogP contribution in [-0.4, -0.2) is 37.5 Å². The number of pyridine rings is 1. The van der Waals surface area contributed by atoms with E-state index in [0.717, 1.165) is 30.9 Å². The molecule has 0 spiro atoms. The van der Waals surface area contributed by atoms with Crippen LogP contribution in [-0.2, 0) is 10.0 Å². The number of thioether (sulfide) groups is 1. The predicted octanol–water partition coefficient (Wildman–Crippen LogP) is 1.69. The molecule has 1 aliphatic heterocycles. The number of hydrogen-bond acceptors (Lipinski definition) is 5. The summed E-state index contributed by atoms with van der Waals surface area (Å²) in [7, 11) is -3.43. The van der Waals surface area contributed by atoms with Crippen LogP contribution in [0.25, 0.3) is 0 Å². The van der Waals surface area contributed by atoms with Crippen LogP contribution in [0.1, 0.15) is 19.8 Å². The van der Waals surface area contributed by atoms with E-state index in [1.807, 2.05) is 0 Å². The van der Waals surface area contributed by atoms with Gasteiger partial charge in [-0.05, 0) is 30.7 Å². The molecule has 2 rings (SSSR count). The highest BCUT2D eigenvalue weighted by atomic mass is 32.2. The summed E-state index contributed by atoms with van der Waals surface area (Å²) in [6.07, 6.45) is 3.30. The summed E-state index contributed by atoms with van der Waals surface area (Å²) in [4.78, 5) is 4.35.